The molecule has 3 rings (SSSR count). The number of hydrogen-bond acceptors (Lipinski definition) is 5. The number of anilines is 1. The number of primary amides is 1. The Kier molecular flexibility index (Phi) is 4.28. The fourth-order valence-electron chi connectivity index (χ4n) is 3.33. The van der Waals surface area contributed by atoms with E-state index in [1.807, 2.05) is 52.8 Å². The van der Waals surface area contributed by atoms with Gasteiger partial charge in [-0.2, -0.15) is 0 Å². The van der Waals surface area contributed by atoms with Gasteiger partial charge in [0.1, 0.15) is 5.60 Å². The van der Waals surface area contributed by atoms with Gasteiger partial charge in [0.25, 0.3) is 0 Å². The second-order valence-corrected chi connectivity index (χ2v) is 8.23. The van der Waals surface area contributed by atoms with Crippen LogP contribution in [0.5, 0.6) is 0 Å². The number of nitrogens with two attached hydrogens (primary N) is 1. The van der Waals surface area contributed by atoms with Crippen molar-refractivity contribution in [1.29, 1.82) is 0 Å². The highest BCUT2D eigenvalue weighted by molar-refractivity contribution is 6.62. The lowest BCUT2D eigenvalue weighted by atomic mass is 9.79. The average Bonchev–Trinajstić information content (AvgIpc) is 2.96. The maximum atomic E-state index is 11.1. The van der Waals surface area contributed by atoms with Gasteiger partial charge in [-0.05, 0) is 52.2 Å². The van der Waals surface area contributed by atoms with Gasteiger partial charge in [-0.25, -0.2) is 4.79 Å². The van der Waals surface area contributed by atoms with Crippen LogP contribution in [0.15, 0.2) is 24.3 Å². The lowest BCUT2D eigenvalue weighted by molar-refractivity contribution is 0.00578. The van der Waals surface area contributed by atoms with Crippen LogP contribution in [-0.4, -0.2) is 43.1 Å². The number of rotatable bonds is 3. The van der Waals surface area contributed by atoms with E-state index in [1.54, 1.807) is 0 Å². The zero-order valence-electron chi connectivity index (χ0n) is 15.7. The van der Waals surface area contributed by atoms with Crippen LogP contribution in [0.1, 0.15) is 41.0 Å². The summed E-state index contributed by atoms with van der Waals surface area (Å²) in [5.74, 6) is 0. The molecule has 0 aliphatic carbocycles. The van der Waals surface area contributed by atoms with E-state index in [9.17, 15) is 4.79 Å². The molecule has 0 spiro atoms. The molecule has 1 unspecified atom stereocenters. The van der Waals surface area contributed by atoms with Gasteiger partial charge in [0.05, 0.1) is 17.7 Å². The summed E-state index contributed by atoms with van der Waals surface area (Å²) in [5.41, 5.74) is 5.95. The quantitative estimate of drug-likeness (QED) is 0.848. The molecule has 2 fully saturated rings. The maximum Gasteiger partial charge on any atom is 0.494 e. The van der Waals surface area contributed by atoms with Gasteiger partial charge >= 0.3 is 13.2 Å². The molecule has 0 aromatic heterocycles. The van der Waals surface area contributed by atoms with E-state index in [0.29, 0.717) is 6.54 Å². The maximum absolute atomic E-state index is 11.1. The summed E-state index contributed by atoms with van der Waals surface area (Å²) in [6.45, 7) is 11.5. The van der Waals surface area contributed by atoms with Crippen LogP contribution in [-0.2, 0) is 14.0 Å². The van der Waals surface area contributed by atoms with Crippen molar-refractivity contribution in [3.63, 3.8) is 0 Å². The predicted molar refractivity (Wildman–Crippen MR) is 98.1 cm³/mol. The molecule has 2 aliphatic rings. The first kappa shape index (κ1) is 18.1. The molecule has 2 heterocycles. The third kappa shape index (κ3) is 3.48. The van der Waals surface area contributed by atoms with E-state index in [4.69, 9.17) is 19.8 Å². The Morgan fingerprint density at radius 1 is 1.20 bits per heavy atom. The van der Waals surface area contributed by atoms with E-state index in [0.717, 1.165) is 24.1 Å². The van der Waals surface area contributed by atoms with E-state index in [-0.39, 0.29) is 18.3 Å². The SMILES string of the molecule is CC1(OC(N)=O)CCN(c2cccc(B3OC(C)(C)C(C)(C)O3)c2)C1. The lowest BCUT2D eigenvalue weighted by Gasteiger charge is -2.32. The molecule has 1 aromatic carbocycles. The largest absolute Gasteiger partial charge is 0.494 e. The number of amides is 1. The van der Waals surface area contributed by atoms with Crippen molar-refractivity contribution in [3.8, 4) is 0 Å². The number of benzene rings is 1. The minimum Gasteiger partial charge on any atom is -0.441 e. The van der Waals surface area contributed by atoms with E-state index in [1.165, 1.54) is 0 Å². The Morgan fingerprint density at radius 3 is 2.44 bits per heavy atom. The molecule has 136 valence electrons. The second-order valence-electron chi connectivity index (χ2n) is 8.23. The number of carbonyl (C=O) groups excluding carboxylic acids is 1. The molecule has 1 amide bonds. The molecule has 2 N–H and O–H groups in total. The predicted octanol–water partition coefficient (Wildman–Crippen LogP) is 2.05. The first-order valence-corrected chi connectivity index (χ1v) is 8.70. The highest BCUT2D eigenvalue weighted by Crippen LogP contribution is 2.37. The third-order valence-corrected chi connectivity index (χ3v) is 5.54. The van der Waals surface area contributed by atoms with Gasteiger partial charge in [-0.1, -0.05) is 12.1 Å². The van der Waals surface area contributed by atoms with Crippen LogP contribution in [0.25, 0.3) is 0 Å². The second kappa shape index (κ2) is 5.92. The standard InChI is InChI=1S/C18H27BN2O4/c1-16(2)17(3,4)25-19(24-16)13-7-6-8-14(11-13)21-10-9-18(5,12-21)23-15(20)22/h6-8,11H,9-10,12H2,1-5H3,(H2,20,22). The van der Waals surface area contributed by atoms with Gasteiger partial charge < -0.3 is 24.7 Å². The molecule has 0 saturated carbocycles. The molecule has 0 bridgehead atoms. The summed E-state index contributed by atoms with van der Waals surface area (Å²) in [7, 11) is -0.388. The average molecular weight is 346 g/mol. The minimum absolute atomic E-state index is 0.366. The normalized spacial score (nSPS) is 27.6. The van der Waals surface area contributed by atoms with Crippen LogP contribution < -0.4 is 16.1 Å². The topological polar surface area (TPSA) is 74.0 Å². The zero-order chi connectivity index (χ0) is 18.5. The zero-order valence-corrected chi connectivity index (χ0v) is 15.7. The molecular weight excluding hydrogens is 319 g/mol. The van der Waals surface area contributed by atoms with E-state index < -0.39 is 11.7 Å². The fourth-order valence-corrected chi connectivity index (χ4v) is 3.33. The summed E-state index contributed by atoms with van der Waals surface area (Å²) < 4.78 is 17.6. The van der Waals surface area contributed by atoms with Crippen molar-refractivity contribution < 1.29 is 18.8 Å². The minimum atomic E-state index is -0.727. The van der Waals surface area contributed by atoms with Crippen molar-refractivity contribution in [3.05, 3.63) is 24.3 Å². The highest BCUT2D eigenvalue weighted by atomic mass is 16.7. The van der Waals surface area contributed by atoms with Gasteiger partial charge in [0.2, 0.25) is 0 Å². The molecule has 6 nitrogen and oxygen atoms in total. The van der Waals surface area contributed by atoms with Crippen LogP contribution in [0, 0.1) is 0 Å². The number of hydrogen-bond donors (Lipinski definition) is 1. The summed E-state index contributed by atoms with van der Waals surface area (Å²) in [6, 6.07) is 8.14. The van der Waals surface area contributed by atoms with Crippen molar-refractivity contribution >= 4 is 24.4 Å². The van der Waals surface area contributed by atoms with Gasteiger partial charge in [0.15, 0.2) is 0 Å². The summed E-state index contributed by atoms with van der Waals surface area (Å²) >= 11 is 0. The number of nitrogens with zero attached hydrogens (tertiary/aromatic N) is 1. The summed E-state index contributed by atoms with van der Waals surface area (Å²) in [4.78, 5) is 13.3. The van der Waals surface area contributed by atoms with Crippen LogP contribution in [0.2, 0.25) is 0 Å². The van der Waals surface area contributed by atoms with Gasteiger partial charge in [0, 0.05) is 18.7 Å². The summed E-state index contributed by atoms with van der Waals surface area (Å²) in [6.07, 6.45) is 0.0201. The van der Waals surface area contributed by atoms with Crippen molar-refractivity contribution in [2.75, 3.05) is 18.0 Å². The third-order valence-electron chi connectivity index (χ3n) is 5.54. The van der Waals surface area contributed by atoms with E-state index in [2.05, 4.69) is 11.0 Å². The first-order valence-electron chi connectivity index (χ1n) is 8.70. The lowest BCUT2D eigenvalue weighted by Crippen LogP contribution is -2.41. The molecule has 2 saturated heterocycles. The Bertz CT molecular complexity index is 663. The number of ether oxygens (including phenoxy) is 1. The van der Waals surface area contributed by atoms with Crippen molar-refractivity contribution in [2.45, 2.75) is 57.8 Å². The Hall–Kier alpha value is -1.73. The van der Waals surface area contributed by atoms with Crippen LogP contribution in [0.4, 0.5) is 10.5 Å². The van der Waals surface area contributed by atoms with Gasteiger partial charge in [-0.3, -0.25) is 0 Å². The van der Waals surface area contributed by atoms with Crippen LogP contribution in [0.3, 0.4) is 0 Å². The molecule has 25 heavy (non-hydrogen) atoms. The smallest absolute Gasteiger partial charge is 0.441 e. The van der Waals surface area contributed by atoms with Gasteiger partial charge in [-0.15, -0.1) is 0 Å². The summed E-state index contributed by atoms with van der Waals surface area (Å²) in [5, 5.41) is 0. The monoisotopic (exact) mass is 346 g/mol. The first-order chi connectivity index (χ1) is 11.5. The Morgan fingerprint density at radius 2 is 1.84 bits per heavy atom. The van der Waals surface area contributed by atoms with Crippen molar-refractivity contribution in [2.24, 2.45) is 5.73 Å². The number of carbonyl (C=O) groups is 1. The highest BCUT2D eigenvalue weighted by Gasteiger charge is 2.51. The Labute approximate surface area is 149 Å². The molecule has 7 heteroatoms. The van der Waals surface area contributed by atoms with Crippen molar-refractivity contribution in [1.82, 2.24) is 0 Å². The van der Waals surface area contributed by atoms with Crippen LogP contribution >= 0.6 is 0 Å². The Balaban J connectivity index is 1.76. The molecule has 0 radical (unpaired) electrons. The molecule has 2 aliphatic heterocycles. The van der Waals surface area contributed by atoms with E-state index >= 15 is 0 Å². The molecular formula is C18H27BN2O4. The fraction of sp³-hybridized carbons (Fsp3) is 0.611. The molecule has 1 atom stereocenters. The molecule has 1 aromatic rings.